The Morgan fingerprint density at radius 2 is 2.05 bits per heavy atom. The second-order valence-corrected chi connectivity index (χ2v) is 5.53. The molecule has 0 bridgehead atoms. The Morgan fingerprint density at radius 3 is 2.86 bits per heavy atom. The Morgan fingerprint density at radius 1 is 1.19 bits per heavy atom. The fourth-order valence-corrected chi connectivity index (χ4v) is 2.44. The maximum atomic E-state index is 9.18. The van der Waals surface area contributed by atoms with Gasteiger partial charge in [0, 0.05) is 21.7 Å². The fraction of sp³-hybridized carbons (Fsp3) is 0.0625. The zero-order chi connectivity index (χ0) is 14.8. The topological polar surface area (TPSA) is 68.4 Å². The van der Waals surface area contributed by atoms with Gasteiger partial charge in [0.1, 0.15) is 11.3 Å². The van der Waals surface area contributed by atoms with Gasteiger partial charge < -0.3 is 15.6 Å². The van der Waals surface area contributed by atoms with Gasteiger partial charge in [-0.1, -0.05) is 12.1 Å². The van der Waals surface area contributed by atoms with Crippen molar-refractivity contribution in [1.82, 2.24) is 4.98 Å². The number of aliphatic hydroxyl groups is 1. The predicted molar refractivity (Wildman–Crippen MR) is 86.3 cm³/mol. The second-order valence-electron chi connectivity index (χ2n) is 4.61. The van der Waals surface area contributed by atoms with Crippen molar-refractivity contribution in [3.05, 3.63) is 58.7 Å². The summed E-state index contributed by atoms with van der Waals surface area (Å²) in [5.74, 6) is 1.28. The summed E-state index contributed by atoms with van der Waals surface area (Å²) in [5.41, 5.74) is 8.13. The molecule has 3 N–H and O–H groups in total. The minimum atomic E-state index is -0.0229. The molecule has 3 aromatic rings. The molecule has 0 aliphatic carbocycles. The molecule has 0 amide bonds. The molecule has 0 aliphatic rings. The second kappa shape index (κ2) is 5.71. The van der Waals surface area contributed by atoms with E-state index in [1.807, 2.05) is 24.3 Å². The largest absolute Gasteiger partial charge is 0.455 e. The number of hydrogen-bond acceptors (Lipinski definition) is 4. The highest BCUT2D eigenvalue weighted by molar-refractivity contribution is 9.10. The molecular formula is C16H13BrN2O2. The summed E-state index contributed by atoms with van der Waals surface area (Å²) in [7, 11) is 0. The maximum absolute atomic E-state index is 9.18. The average molecular weight is 345 g/mol. The number of nitrogens with two attached hydrogens (primary N) is 1. The van der Waals surface area contributed by atoms with Crippen molar-refractivity contribution in [1.29, 1.82) is 0 Å². The van der Waals surface area contributed by atoms with Crippen LogP contribution in [-0.2, 0) is 6.61 Å². The van der Waals surface area contributed by atoms with Gasteiger partial charge >= 0.3 is 0 Å². The van der Waals surface area contributed by atoms with Crippen molar-refractivity contribution in [2.75, 3.05) is 5.73 Å². The van der Waals surface area contributed by atoms with E-state index < -0.39 is 0 Å². The van der Waals surface area contributed by atoms with Crippen molar-refractivity contribution in [2.45, 2.75) is 6.61 Å². The lowest BCUT2D eigenvalue weighted by molar-refractivity contribution is 0.281. The number of ether oxygens (including phenoxy) is 1. The van der Waals surface area contributed by atoms with Crippen LogP contribution < -0.4 is 10.5 Å². The molecule has 0 radical (unpaired) electrons. The number of benzene rings is 2. The highest BCUT2D eigenvalue weighted by Gasteiger charge is 2.08. The van der Waals surface area contributed by atoms with Crippen molar-refractivity contribution in [3.63, 3.8) is 0 Å². The predicted octanol–water partition coefficient (Wildman–Crippen LogP) is 3.86. The van der Waals surface area contributed by atoms with Crippen LogP contribution in [0.1, 0.15) is 5.56 Å². The lowest BCUT2D eigenvalue weighted by Crippen LogP contribution is -1.93. The molecule has 0 unspecified atom stereocenters. The Hall–Kier alpha value is -2.11. The van der Waals surface area contributed by atoms with Crippen LogP contribution in [0.15, 0.2) is 53.1 Å². The van der Waals surface area contributed by atoms with Gasteiger partial charge in [-0.05, 0) is 51.8 Å². The number of aliphatic hydroxyl groups excluding tert-OH is 1. The van der Waals surface area contributed by atoms with Crippen LogP contribution in [0.5, 0.6) is 11.5 Å². The van der Waals surface area contributed by atoms with E-state index >= 15 is 0 Å². The molecule has 2 aromatic carbocycles. The van der Waals surface area contributed by atoms with Gasteiger partial charge in [0.05, 0.1) is 6.61 Å². The third-order valence-corrected chi connectivity index (χ3v) is 3.56. The number of aromatic nitrogens is 1. The van der Waals surface area contributed by atoms with E-state index in [9.17, 15) is 5.11 Å². The van der Waals surface area contributed by atoms with Gasteiger partial charge in [-0.3, -0.25) is 4.98 Å². The first-order valence-corrected chi connectivity index (χ1v) is 7.18. The van der Waals surface area contributed by atoms with E-state index in [0.717, 1.165) is 15.4 Å². The fourth-order valence-electron chi connectivity index (χ4n) is 2.11. The number of nitrogen functional groups attached to an aromatic ring is 1. The summed E-state index contributed by atoms with van der Waals surface area (Å²) in [6.07, 6.45) is 1.71. The van der Waals surface area contributed by atoms with E-state index in [1.54, 1.807) is 24.4 Å². The SMILES string of the molecule is Nc1ccc(Oc2cccc(CO)c2)c2ncc(Br)cc12. The van der Waals surface area contributed by atoms with Gasteiger partial charge in [0.15, 0.2) is 5.75 Å². The molecule has 0 saturated heterocycles. The number of anilines is 1. The summed E-state index contributed by atoms with van der Waals surface area (Å²) in [6, 6.07) is 12.8. The van der Waals surface area contributed by atoms with Crippen molar-refractivity contribution < 1.29 is 9.84 Å². The molecule has 21 heavy (non-hydrogen) atoms. The average Bonchev–Trinajstić information content (AvgIpc) is 2.50. The lowest BCUT2D eigenvalue weighted by Gasteiger charge is -2.10. The maximum Gasteiger partial charge on any atom is 0.153 e. The molecule has 0 aliphatic heterocycles. The highest BCUT2D eigenvalue weighted by Crippen LogP contribution is 2.33. The van der Waals surface area contributed by atoms with Gasteiger partial charge in [0.2, 0.25) is 0 Å². The Kier molecular flexibility index (Phi) is 3.77. The van der Waals surface area contributed by atoms with E-state index in [2.05, 4.69) is 20.9 Å². The molecule has 0 fully saturated rings. The van der Waals surface area contributed by atoms with Crippen LogP contribution in [0, 0.1) is 0 Å². The molecular weight excluding hydrogens is 332 g/mol. The first-order chi connectivity index (χ1) is 10.2. The van der Waals surface area contributed by atoms with E-state index in [0.29, 0.717) is 22.7 Å². The Balaban J connectivity index is 2.06. The van der Waals surface area contributed by atoms with Crippen LogP contribution in [0.2, 0.25) is 0 Å². The summed E-state index contributed by atoms with van der Waals surface area (Å²) in [5, 5.41) is 10.0. The van der Waals surface area contributed by atoms with E-state index in [4.69, 9.17) is 10.5 Å². The number of nitrogens with zero attached hydrogens (tertiary/aromatic N) is 1. The molecule has 0 atom stereocenters. The molecule has 106 valence electrons. The smallest absolute Gasteiger partial charge is 0.153 e. The van der Waals surface area contributed by atoms with Gasteiger partial charge in [-0.15, -0.1) is 0 Å². The normalized spacial score (nSPS) is 10.8. The molecule has 5 heteroatoms. The summed E-state index contributed by atoms with van der Waals surface area (Å²) in [4.78, 5) is 4.38. The van der Waals surface area contributed by atoms with Gasteiger partial charge in [-0.2, -0.15) is 0 Å². The summed E-state index contributed by atoms with van der Waals surface area (Å²) >= 11 is 3.39. The third-order valence-electron chi connectivity index (χ3n) is 3.12. The van der Waals surface area contributed by atoms with Crippen LogP contribution in [0.3, 0.4) is 0 Å². The van der Waals surface area contributed by atoms with E-state index in [1.165, 1.54) is 0 Å². The quantitative estimate of drug-likeness (QED) is 0.707. The van der Waals surface area contributed by atoms with Crippen LogP contribution in [0.25, 0.3) is 10.9 Å². The molecule has 1 heterocycles. The zero-order valence-corrected chi connectivity index (χ0v) is 12.7. The number of halogens is 1. The van der Waals surface area contributed by atoms with E-state index in [-0.39, 0.29) is 6.61 Å². The number of fused-ring (bicyclic) bond motifs is 1. The van der Waals surface area contributed by atoms with Crippen LogP contribution >= 0.6 is 15.9 Å². The molecule has 0 saturated carbocycles. The molecule has 0 spiro atoms. The number of pyridine rings is 1. The molecule has 3 rings (SSSR count). The third kappa shape index (κ3) is 2.84. The first kappa shape index (κ1) is 13.9. The van der Waals surface area contributed by atoms with Crippen molar-refractivity contribution in [2.24, 2.45) is 0 Å². The monoisotopic (exact) mass is 344 g/mol. The minimum Gasteiger partial charge on any atom is -0.455 e. The van der Waals surface area contributed by atoms with Crippen molar-refractivity contribution >= 4 is 32.5 Å². The zero-order valence-electron chi connectivity index (χ0n) is 11.1. The highest BCUT2D eigenvalue weighted by atomic mass is 79.9. The van der Waals surface area contributed by atoms with Gasteiger partial charge in [-0.25, -0.2) is 0 Å². The van der Waals surface area contributed by atoms with Gasteiger partial charge in [0.25, 0.3) is 0 Å². The summed E-state index contributed by atoms with van der Waals surface area (Å²) < 4.78 is 6.75. The summed E-state index contributed by atoms with van der Waals surface area (Å²) in [6.45, 7) is -0.0229. The Labute approximate surface area is 130 Å². The standard InChI is InChI=1S/C16H13BrN2O2/c17-11-7-13-14(18)4-5-15(16(13)19-8-11)21-12-3-1-2-10(6-12)9-20/h1-8,20H,9,18H2. The molecule has 4 nitrogen and oxygen atoms in total. The van der Waals surface area contributed by atoms with Crippen LogP contribution in [0.4, 0.5) is 5.69 Å². The number of hydrogen-bond donors (Lipinski definition) is 2. The minimum absolute atomic E-state index is 0.0229. The Bertz CT molecular complexity index is 805. The molecule has 1 aromatic heterocycles. The lowest BCUT2D eigenvalue weighted by atomic mass is 10.1. The first-order valence-electron chi connectivity index (χ1n) is 6.39. The van der Waals surface area contributed by atoms with Crippen molar-refractivity contribution in [3.8, 4) is 11.5 Å². The number of rotatable bonds is 3. The van der Waals surface area contributed by atoms with Crippen LogP contribution in [-0.4, -0.2) is 10.1 Å².